The predicted molar refractivity (Wildman–Crippen MR) is 50.9 cm³/mol. The van der Waals surface area contributed by atoms with E-state index in [1.54, 1.807) is 5.38 Å². The van der Waals surface area contributed by atoms with Crippen LogP contribution >= 0.6 is 11.3 Å². The molecule has 0 aliphatic carbocycles. The molecular formula is C8H7F3N2O3S. The van der Waals surface area contributed by atoms with Crippen molar-refractivity contribution in [1.82, 2.24) is 4.98 Å². The average Bonchev–Trinajstić information content (AvgIpc) is 2.68. The van der Waals surface area contributed by atoms with E-state index in [0.29, 0.717) is 5.69 Å². The maximum absolute atomic E-state index is 11.8. The van der Waals surface area contributed by atoms with Gasteiger partial charge in [-0.25, -0.2) is 14.6 Å². The van der Waals surface area contributed by atoms with Gasteiger partial charge < -0.3 is 10.5 Å². The molecule has 1 aromatic rings. The molecular weight excluding hydrogens is 261 g/mol. The van der Waals surface area contributed by atoms with Gasteiger partial charge in [0.15, 0.2) is 0 Å². The van der Waals surface area contributed by atoms with E-state index in [-0.39, 0.29) is 6.42 Å². The summed E-state index contributed by atoms with van der Waals surface area (Å²) in [7, 11) is 0. The number of aromatic nitrogens is 1. The molecule has 94 valence electrons. The number of nitrogens with zero attached hydrogens (tertiary/aromatic N) is 1. The Balaban J connectivity index is 2.51. The lowest BCUT2D eigenvalue weighted by Crippen LogP contribution is -2.39. The lowest BCUT2D eigenvalue weighted by Gasteiger charge is -2.09. The number of rotatable bonds is 3. The third-order valence-electron chi connectivity index (χ3n) is 1.64. The van der Waals surface area contributed by atoms with Crippen LogP contribution in [0.25, 0.3) is 0 Å². The molecule has 0 amide bonds. The van der Waals surface area contributed by atoms with Gasteiger partial charge in [0.1, 0.15) is 6.04 Å². The van der Waals surface area contributed by atoms with Crippen molar-refractivity contribution in [3.8, 4) is 0 Å². The highest BCUT2D eigenvalue weighted by Crippen LogP contribution is 2.17. The van der Waals surface area contributed by atoms with Crippen molar-refractivity contribution in [3.63, 3.8) is 0 Å². The van der Waals surface area contributed by atoms with Crippen LogP contribution in [-0.2, 0) is 20.7 Å². The van der Waals surface area contributed by atoms with Crippen LogP contribution in [0.5, 0.6) is 0 Å². The zero-order valence-corrected chi connectivity index (χ0v) is 9.05. The van der Waals surface area contributed by atoms with Crippen molar-refractivity contribution >= 4 is 23.3 Å². The normalized spacial score (nSPS) is 13.2. The summed E-state index contributed by atoms with van der Waals surface area (Å²) >= 11 is 1.25. The molecule has 1 heterocycles. The van der Waals surface area contributed by atoms with Crippen molar-refractivity contribution < 1.29 is 27.5 Å². The summed E-state index contributed by atoms with van der Waals surface area (Å²) in [6, 6.07) is -1.36. The van der Waals surface area contributed by atoms with Gasteiger partial charge in [0.05, 0.1) is 11.2 Å². The molecule has 9 heteroatoms. The highest BCUT2D eigenvalue weighted by Gasteiger charge is 2.43. The lowest BCUT2D eigenvalue weighted by molar-refractivity contribution is -0.202. The van der Waals surface area contributed by atoms with E-state index in [9.17, 15) is 22.8 Å². The lowest BCUT2D eigenvalue weighted by atomic mass is 10.2. The quantitative estimate of drug-likeness (QED) is 0.642. The number of nitrogens with two attached hydrogens (primary N) is 1. The Morgan fingerprint density at radius 3 is 2.65 bits per heavy atom. The Hall–Kier alpha value is -1.48. The van der Waals surface area contributed by atoms with E-state index >= 15 is 0 Å². The van der Waals surface area contributed by atoms with Crippen molar-refractivity contribution in [1.29, 1.82) is 0 Å². The van der Waals surface area contributed by atoms with Crippen LogP contribution < -0.4 is 5.73 Å². The molecule has 2 N–H and O–H groups in total. The van der Waals surface area contributed by atoms with E-state index in [1.165, 1.54) is 16.8 Å². The van der Waals surface area contributed by atoms with Crippen LogP contribution in [0.15, 0.2) is 10.9 Å². The predicted octanol–water partition coefficient (Wildman–Crippen LogP) is 0.645. The van der Waals surface area contributed by atoms with Crippen LogP contribution in [0.3, 0.4) is 0 Å². The summed E-state index contributed by atoms with van der Waals surface area (Å²) in [6.45, 7) is 0. The van der Waals surface area contributed by atoms with Crippen molar-refractivity contribution in [3.05, 3.63) is 16.6 Å². The number of ether oxygens (including phenoxy) is 1. The highest BCUT2D eigenvalue weighted by molar-refractivity contribution is 7.07. The zero-order valence-electron chi connectivity index (χ0n) is 8.23. The molecule has 0 saturated heterocycles. The molecule has 0 aromatic carbocycles. The van der Waals surface area contributed by atoms with E-state index in [0.717, 1.165) is 0 Å². The summed E-state index contributed by atoms with van der Waals surface area (Å²) < 4.78 is 38.9. The maximum atomic E-state index is 11.8. The summed E-state index contributed by atoms with van der Waals surface area (Å²) in [5, 5.41) is 1.58. The Kier molecular flexibility index (Phi) is 4.18. The van der Waals surface area contributed by atoms with Gasteiger partial charge in [0, 0.05) is 11.8 Å². The zero-order chi connectivity index (χ0) is 13.1. The van der Waals surface area contributed by atoms with E-state index in [1.807, 2.05) is 0 Å². The SMILES string of the molecule is N[C@@H](Cc1cscn1)C(=O)OC(=O)C(F)(F)F. The van der Waals surface area contributed by atoms with Gasteiger partial charge in [-0.2, -0.15) is 13.2 Å². The van der Waals surface area contributed by atoms with Gasteiger partial charge in [-0.05, 0) is 0 Å². The molecule has 5 nitrogen and oxygen atoms in total. The van der Waals surface area contributed by atoms with Crippen LogP contribution in [0, 0.1) is 0 Å². The molecule has 0 fully saturated rings. The van der Waals surface area contributed by atoms with Gasteiger partial charge >= 0.3 is 18.1 Å². The number of thiazole rings is 1. The van der Waals surface area contributed by atoms with Crippen LogP contribution in [0.2, 0.25) is 0 Å². The van der Waals surface area contributed by atoms with E-state index in [2.05, 4.69) is 9.72 Å². The molecule has 0 unspecified atom stereocenters. The summed E-state index contributed by atoms with van der Waals surface area (Å²) in [4.78, 5) is 25.2. The van der Waals surface area contributed by atoms with Gasteiger partial charge in [-0.1, -0.05) is 0 Å². The molecule has 0 aliphatic heterocycles. The minimum absolute atomic E-state index is 0.0898. The van der Waals surface area contributed by atoms with Gasteiger partial charge in [-0.15, -0.1) is 11.3 Å². The first-order chi connectivity index (χ1) is 7.80. The first kappa shape index (κ1) is 13.6. The second-order valence-electron chi connectivity index (χ2n) is 3.00. The molecule has 1 rings (SSSR count). The van der Waals surface area contributed by atoms with Gasteiger partial charge in [0.25, 0.3) is 0 Å². The van der Waals surface area contributed by atoms with E-state index < -0.39 is 24.2 Å². The Morgan fingerprint density at radius 1 is 1.53 bits per heavy atom. The second-order valence-corrected chi connectivity index (χ2v) is 3.72. The molecule has 0 spiro atoms. The van der Waals surface area contributed by atoms with Crippen molar-refractivity contribution in [2.75, 3.05) is 0 Å². The smallest absolute Gasteiger partial charge is 0.385 e. The monoisotopic (exact) mass is 268 g/mol. The standard InChI is InChI=1S/C8H7F3N2O3S/c9-8(10,11)7(15)16-6(14)5(12)1-4-2-17-3-13-4/h2-3,5H,1,12H2/t5-/m0/s1. The van der Waals surface area contributed by atoms with Crippen molar-refractivity contribution in [2.24, 2.45) is 5.73 Å². The Morgan fingerprint density at radius 2 is 2.18 bits per heavy atom. The topological polar surface area (TPSA) is 82.3 Å². The minimum atomic E-state index is -5.21. The summed E-state index contributed by atoms with van der Waals surface area (Å²) in [5.74, 6) is -4.00. The van der Waals surface area contributed by atoms with Crippen LogP contribution in [0.1, 0.15) is 5.69 Å². The third-order valence-corrected chi connectivity index (χ3v) is 2.28. The Labute approximate surface area is 97.4 Å². The average molecular weight is 268 g/mol. The molecule has 17 heavy (non-hydrogen) atoms. The first-order valence-corrected chi connectivity index (χ1v) is 5.20. The molecule has 1 aromatic heterocycles. The number of halogens is 3. The van der Waals surface area contributed by atoms with Crippen LogP contribution in [0.4, 0.5) is 13.2 Å². The van der Waals surface area contributed by atoms with Crippen molar-refractivity contribution in [2.45, 2.75) is 18.6 Å². The highest BCUT2D eigenvalue weighted by atomic mass is 32.1. The molecule has 0 radical (unpaired) electrons. The fraction of sp³-hybridized carbons (Fsp3) is 0.375. The second kappa shape index (κ2) is 5.23. The number of hydrogen-bond donors (Lipinski definition) is 1. The number of carbonyl (C=O) groups is 2. The van der Waals surface area contributed by atoms with Gasteiger partial charge in [-0.3, -0.25) is 0 Å². The number of hydrogen-bond acceptors (Lipinski definition) is 6. The number of alkyl halides is 3. The minimum Gasteiger partial charge on any atom is -0.385 e. The number of esters is 2. The first-order valence-electron chi connectivity index (χ1n) is 4.26. The molecule has 0 bridgehead atoms. The molecule has 0 saturated carbocycles. The fourth-order valence-corrected chi connectivity index (χ4v) is 1.44. The Bertz CT molecular complexity index is 405. The molecule has 1 atom stereocenters. The van der Waals surface area contributed by atoms with E-state index in [4.69, 9.17) is 5.73 Å². The largest absolute Gasteiger partial charge is 0.491 e. The third kappa shape index (κ3) is 4.11. The molecule has 0 aliphatic rings. The summed E-state index contributed by atoms with van der Waals surface area (Å²) in [5.41, 5.74) is 7.19. The van der Waals surface area contributed by atoms with Crippen LogP contribution in [-0.4, -0.2) is 29.1 Å². The number of carbonyl (C=O) groups excluding carboxylic acids is 2. The fourth-order valence-electron chi connectivity index (χ4n) is 0.872. The maximum Gasteiger partial charge on any atom is 0.491 e. The van der Waals surface area contributed by atoms with Gasteiger partial charge in [0.2, 0.25) is 0 Å². The summed E-state index contributed by atoms with van der Waals surface area (Å²) in [6.07, 6.45) is -5.30.